The van der Waals surface area contributed by atoms with E-state index < -0.39 is 0 Å². The lowest BCUT2D eigenvalue weighted by molar-refractivity contribution is -0.120. The molecule has 136 valence electrons. The van der Waals surface area contributed by atoms with Crippen molar-refractivity contribution >= 4 is 16.9 Å². The number of carbonyl (C=O) groups excluding carboxylic acids is 1. The molecule has 0 atom stereocenters. The molecule has 7 nitrogen and oxygen atoms in total. The summed E-state index contributed by atoms with van der Waals surface area (Å²) in [5.41, 5.74) is 2.89. The normalized spacial score (nSPS) is 11.0. The summed E-state index contributed by atoms with van der Waals surface area (Å²) < 4.78 is 6.91. The van der Waals surface area contributed by atoms with Crippen molar-refractivity contribution in [3.8, 4) is 11.3 Å². The van der Waals surface area contributed by atoms with Crippen molar-refractivity contribution in [1.82, 2.24) is 20.0 Å². The third kappa shape index (κ3) is 3.67. The van der Waals surface area contributed by atoms with Crippen LogP contribution in [-0.2, 0) is 17.8 Å². The summed E-state index contributed by atoms with van der Waals surface area (Å²) in [6.07, 6.45) is 0.124. The summed E-state index contributed by atoms with van der Waals surface area (Å²) >= 11 is 0. The smallest absolute Gasteiger partial charge is 0.326 e. The van der Waals surface area contributed by atoms with Crippen molar-refractivity contribution in [3.05, 3.63) is 76.8 Å². The Morgan fingerprint density at radius 3 is 2.74 bits per heavy atom. The number of benzene rings is 2. The topological polar surface area (TPSA) is 92.9 Å². The van der Waals surface area contributed by atoms with E-state index in [1.165, 1.54) is 0 Å². The predicted molar refractivity (Wildman–Crippen MR) is 101 cm³/mol. The number of amides is 1. The molecule has 0 bridgehead atoms. The average molecular weight is 362 g/mol. The van der Waals surface area contributed by atoms with E-state index in [0.29, 0.717) is 24.5 Å². The quantitative estimate of drug-likeness (QED) is 0.551. The zero-order chi connectivity index (χ0) is 18.6. The Balaban J connectivity index is 1.34. The molecule has 0 spiro atoms. The van der Waals surface area contributed by atoms with Crippen LogP contribution in [0.3, 0.4) is 0 Å². The third-order valence-electron chi connectivity index (χ3n) is 4.30. The second kappa shape index (κ2) is 7.33. The van der Waals surface area contributed by atoms with Crippen molar-refractivity contribution in [3.63, 3.8) is 0 Å². The fourth-order valence-corrected chi connectivity index (χ4v) is 3.00. The number of rotatable bonds is 6. The number of hydrogen-bond donors (Lipinski definition) is 2. The maximum absolute atomic E-state index is 12.1. The lowest BCUT2D eigenvalue weighted by atomic mass is 10.1. The molecule has 0 aliphatic carbocycles. The highest BCUT2D eigenvalue weighted by molar-refractivity contribution is 5.78. The fourth-order valence-electron chi connectivity index (χ4n) is 3.00. The van der Waals surface area contributed by atoms with E-state index in [1.807, 2.05) is 54.6 Å². The molecule has 4 rings (SSSR count). The third-order valence-corrected chi connectivity index (χ3v) is 4.30. The monoisotopic (exact) mass is 362 g/mol. The van der Waals surface area contributed by atoms with Gasteiger partial charge in [-0.1, -0.05) is 47.6 Å². The van der Waals surface area contributed by atoms with E-state index in [2.05, 4.69) is 15.5 Å². The van der Waals surface area contributed by atoms with Gasteiger partial charge in [-0.2, -0.15) is 0 Å². The van der Waals surface area contributed by atoms with E-state index in [9.17, 15) is 9.59 Å². The average Bonchev–Trinajstić information content (AvgIpc) is 3.27. The van der Waals surface area contributed by atoms with Gasteiger partial charge in [0.2, 0.25) is 5.91 Å². The van der Waals surface area contributed by atoms with Gasteiger partial charge in [-0.25, -0.2) is 4.79 Å². The van der Waals surface area contributed by atoms with E-state index in [1.54, 1.807) is 10.6 Å². The largest absolute Gasteiger partial charge is 0.356 e. The van der Waals surface area contributed by atoms with Crippen LogP contribution in [0.25, 0.3) is 22.4 Å². The summed E-state index contributed by atoms with van der Waals surface area (Å²) in [5.74, 6) is 0.458. The van der Waals surface area contributed by atoms with Gasteiger partial charge in [0.05, 0.1) is 23.1 Å². The Labute approximate surface area is 154 Å². The molecule has 0 saturated heterocycles. The molecule has 0 saturated carbocycles. The Morgan fingerprint density at radius 2 is 1.89 bits per heavy atom. The number of hydrogen-bond acceptors (Lipinski definition) is 4. The highest BCUT2D eigenvalue weighted by Gasteiger charge is 2.11. The van der Waals surface area contributed by atoms with Gasteiger partial charge in [0, 0.05) is 24.7 Å². The molecule has 2 aromatic heterocycles. The number of nitrogens with one attached hydrogen (secondary N) is 2. The summed E-state index contributed by atoms with van der Waals surface area (Å²) in [5, 5.41) is 6.77. The first-order chi connectivity index (χ1) is 13.2. The highest BCUT2D eigenvalue weighted by Crippen LogP contribution is 2.19. The molecular weight excluding hydrogens is 344 g/mol. The fraction of sp³-hybridized carbons (Fsp3) is 0.150. The van der Waals surface area contributed by atoms with Gasteiger partial charge in [-0.3, -0.25) is 9.36 Å². The number of fused-ring (bicyclic) bond motifs is 1. The van der Waals surface area contributed by atoms with Gasteiger partial charge in [0.15, 0.2) is 5.76 Å². The molecule has 7 heteroatoms. The van der Waals surface area contributed by atoms with Gasteiger partial charge in [0.1, 0.15) is 0 Å². The number of para-hydroxylation sites is 2. The first-order valence-electron chi connectivity index (χ1n) is 8.66. The summed E-state index contributed by atoms with van der Waals surface area (Å²) in [6, 6.07) is 18.8. The summed E-state index contributed by atoms with van der Waals surface area (Å²) in [4.78, 5) is 27.0. The Hall–Kier alpha value is -3.61. The second-order valence-electron chi connectivity index (χ2n) is 6.17. The predicted octanol–water partition coefficient (Wildman–Crippen LogP) is 2.34. The van der Waals surface area contributed by atoms with E-state index in [-0.39, 0.29) is 18.0 Å². The van der Waals surface area contributed by atoms with Crippen LogP contribution in [-0.4, -0.2) is 27.2 Å². The molecule has 1 amide bonds. The van der Waals surface area contributed by atoms with Crippen molar-refractivity contribution in [2.75, 3.05) is 6.54 Å². The zero-order valence-corrected chi connectivity index (χ0v) is 14.5. The van der Waals surface area contributed by atoms with Crippen LogP contribution in [0, 0.1) is 0 Å². The van der Waals surface area contributed by atoms with Crippen molar-refractivity contribution in [1.29, 1.82) is 0 Å². The van der Waals surface area contributed by atoms with E-state index >= 15 is 0 Å². The van der Waals surface area contributed by atoms with Gasteiger partial charge in [-0.05, 0) is 12.1 Å². The zero-order valence-electron chi connectivity index (χ0n) is 14.5. The van der Waals surface area contributed by atoms with Crippen molar-refractivity contribution in [2.45, 2.75) is 13.0 Å². The molecular formula is C20H18N4O3. The minimum Gasteiger partial charge on any atom is -0.356 e. The van der Waals surface area contributed by atoms with Crippen LogP contribution in [0.15, 0.2) is 70.0 Å². The SMILES string of the molecule is O=C(Cc1cc(-c2ccccc2)on1)NCCn1c(=O)[nH]c2ccccc21. The standard InChI is InChI=1S/C20H18N4O3/c25-19(13-15-12-18(27-23-15)14-6-2-1-3-7-14)21-10-11-24-17-9-5-4-8-16(17)22-20(24)26/h1-9,12H,10-11,13H2,(H,21,25)(H,22,26). The molecule has 0 aliphatic heterocycles. The Bertz CT molecular complexity index is 1120. The van der Waals surface area contributed by atoms with Crippen LogP contribution in [0.4, 0.5) is 0 Å². The van der Waals surface area contributed by atoms with Crippen molar-refractivity contribution in [2.24, 2.45) is 0 Å². The number of carbonyl (C=O) groups is 1. The number of aromatic nitrogens is 3. The van der Waals surface area contributed by atoms with Gasteiger partial charge in [-0.15, -0.1) is 0 Å². The maximum Gasteiger partial charge on any atom is 0.326 e. The van der Waals surface area contributed by atoms with Gasteiger partial charge < -0.3 is 14.8 Å². The summed E-state index contributed by atoms with van der Waals surface area (Å²) in [6.45, 7) is 0.743. The van der Waals surface area contributed by atoms with Crippen LogP contribution in [0.1, 0.15) is 5.69 Å². The molecule has 0 unspecified atom stereocenters. The number of nitrogens with zero attached hydrogens (tertiary/aromatic N) is 2. The van der Waals surface area contributed by atoms with E-state index in [4.69, 9.17) is 4.52 Å². The minimum absolute atomic E-state index is 0.124. The van der Waals surface area contributed by atoms with Crippen LogP contribution in [0.5, 0.6) is 0 Å². The molecule has 2 heterocycles. The Morgan fingerprint density at radius 1 is 1.11 bits per heavy atom. The minimum atomic E-state index is -0.186. The molecule has 0 radical (unpaired) electrons. The number of aromatic amines is 1. The first-order valence-corrected chi connectivity index (χ1v) is 8.66. The number of imidazole rings is 1. The van der Waals surface area contributed by atoms with Crippen LogP contribution < -0.4 is 11.0 Å². The van der Waals surface area contributed by atoms with Gasteiger partial charge in [0.25, 0.3) is 0 Å². The molecule has 0 fully saturated rings. The second-order valence-corrected chi connectivity index (χ2v) is 6.17. The lowest BCUT2D eigenvalue weighted by Crippen LogP contribution is -2.31. The molecule has 2 N–H and O–H groups in total. The summed E-state index contributed by atoms with van der Waals surface area (Å²) in [7, 11) is 0. The van der Waals surface area contributed by atoms with E-state index in [0.717, 1.165) is 16.6 Å². The lowest BCUT2D eigenvalue weighted by Gasteiger charge is -2.05. The maximum atomic E-state index is 12.1. The van der Waals surface area contributed by atoms with Gasteiger partial charge >= 0.3 is 5.69 Å². The molecule has 0 aliphatic rings. The molecule has 27 heavy (non-hydrogen) atoms. The highest BCUT2D eigenvalue weighted by atomic mass is 16.5. The first kappa shape index (κ1) is 16.8. The van der Waals surface area contributed by atoms with Crippen LogP contribution in [0.2, 0.25) is 0 Å². The Kier molecular flexibility index (Phi) is 4.57. The number of H-pyrrole nitrogens is 1. The van der Waals surface area contributed by atoms with Crippen molar-refractivity contribution < 1.29 is 9.32 Å². The molecule has 4 aromatic rings. The van der Waals surface area contributed by atoms with Crippen LogP contribution >= 0.6 is 0 Å². The molecule has 2 aromatic carbocycles.